The number of carbonyl (C=O) groups is 1. The van der Waals surface area contributed by atoms with Crippen LogP contribution in [0.3, 0.4) is 0 Å². The van der Waals surface area contributed by atoms with Crippen LogP contribution in [0.15, 0.2) is 46.9 Å². The fourth-order valence-electron chi connectivity index (χ4n) is 2.00. The van der Waals surface area contributed by atoms with Crippen molar-refractivity contribution in [1.29, 1.82) is 0 Å². The van der Waals surface area contributed by atoms with E-state index in [4.69, 9.17) is 0 Å². The molecule has 0 spiro atoms. The van der Waals surface area contributed by atoms with Gasteiger partial charge in [-0.2, -0.15) is 0 Å². The SMILES string of the molecule is CC(Cc1ccc(F)cc1)NC(=O)c1ccc(Br)cc1F. The lowest BCUT2D eigenvalue weighted by atomic mass is 10.1. The van der Waals surface area contributed by atoms with Crippen LogP contribution in [0.5, 0.6) is 0 Å². The number of hydrogen-bond donors (Lipinski definition) is 1. The average Bonchev–Trinajstić information content (AvgIpc) is 2.41. The zero-order valence-electron chi connectivity index (χ0n) is 11.4. The lowest BCUT2D eigenvalue weighted by Gasteiger charge is -2.14. The van der Waals surface area contributed by atoms with Crippen molar-refractivity contribution >= 4 is 21.8 Å². The van der Waals surface area contributed by atoms with Gasteiger partial charge in [-0.05, 0) is 49.2 Å². The van der Waals surface area contributed by atoms with Crippen LogP contribution in [-0.4, -0.2) is 11.9 Å². The first-order valence-corrected chi connectivity index (χ1v) is 7.25. The minimum Gasteiger partial charge on any atom is -0.349 e. The first kappa shape index (κ1) is 15.6. The molecule has 0 saturated carbocycles. The minimum atomic E-state index is -0.573. The Kier molecular flexibility index (Phi) is 5.07. The van der Waals surface area contributed by atoms with Crippen molar-refractivity contribution in [3.05, 3.63) is 69.7 Å². The van der Waals surface area contributed by atoms with Gasteiger partial charge in [-0.25, -0.2) is 8.78 Å². The normalized spacial score (nSPS) is 12.0. The molecule has 1 unspecified atom stereocenters. The standard InChI is InChI=1S/C16H14BrF2NO/c1-10(8-11-2-5-13(18)6-3-11)20-16(21)14-7-4-12(17)9-15(14)19/h2-7,9-10H,8H2,1H3,(H,20,21). The molecule has 1 atom stereocenters. The van der Waals surface area contributed by atoms with Crippen LogP contribution in [0.1, 0.15) is 22.8 Å². The molecule has 110 valence electrons. The fourth-order valence-corrected chi connectivity index (χ4v) is 2.33. The summed E-state index contributed by atoms with van der Waals surface area (Å²) in [6, 6.07) is 10.2. The molecule has 0 radical (unpaired) electrons. The van der Waals surface area contributed by atoms with Crippen LogP contribution in [0, 0.1) is 11.6 Å². The topological polar surface area (TPSA) is 29.1 Å². The monoisotopic (exact) mass is 353 g/mol. The maximum absolute atomic E-state index is 13.7. The zero-order valence-corrected chi connectivity index (χ0v) is 13.0. The van der Waals surface area contributed by atoms with Crippen molar-refractivity contribution in [2.24, 2.45) is 0 Å². The molecule has 0 saturated heterocycles. The summed E-state index contributed by atoms with van der Waals surface area (Å²) in [6.45, 7) is 1.82. The Morgan fingerprint density at radius 3 is 2.48 bits per heavy atom. The van der Waals surface area contributed by atoms with Crippen molar-refractivity contribution < 1.29 is 13.6 Å². The van der Waals surface area contributed by atoms with Gasteiger partial charge in [-0.1, -0.05) is 28.1 Å². The molecule has 2 aromatic rings. The van der Waals surface area contributed by atoms with E-state index >= 15 is 0 Å². The van der Waals surface area contributed by atoms with E-state index in [1.165, 1.54) is 24.3 Å². The molecule has 0 aliphatic heterocycles. The lowest BCUT2D eigenvalue weighted by Crippen LogP contribution is -2.34. The molecule has 1 N–H and O–H groups in total. The second-order valence-corrected chi connectivity index (χ2v) is 5.74. The van der Waals surface area contributed by atoms with Crippen molar-refractivity contribution in [2.75, 3.05) is 0 Å². The van der Waals surface area contributed by atoms with Gasteiger partial charge in [0.15, 0.2) is 0 Å². The number of amides is 1. The average molecular weight is 354 g/mol. The van der Waals surface area contributed by atoms with Gasteiger partial charge >= 0.3 is 0 Å². The Balaban J connectivity index is 2.00. The van der Waals surface area contributed by atoms with E-state index < -0.39 is 11.7 Å². The van der Waals surface area contributed by atoms with Crippen LogP contribution >= 0.6 is 15.9 Å². The zero-order chi connectivity index (χ0) is 15.4. The van der Waals surface area contributed by atoms with E-state index in [0.29, 0.717) is 10.9 Å². The van der Waals surface area contributed by atoms with E-state index in [0.717, 1.165) is 5.56 Å². The highest BCUT2D eigenvalue weighted by molar-refractivity contribution is 9.10. The third kappa shape index (κ3) is 4.36. The number of nitrogens with one attached hydrogen (secondary N) is 1. The molecule has 0 fully saturated rings. The highest BCUT2D eigenvalue weighted by atomic mass is 79.9. The quantitative estimate of drug-likeness (QED) is 0.881. The van der Waals surface area contributed by atoms with E-state index in [-0.39, 0.29) is 17.4 Å². The lowest BCUT2D eigenvalue weighted by molar-refractivity contribution is 0.0936. The number of hydrogen-bond acceptors (Lipinski definition) is 1. The van der Waals surface area contributed by atoms with Gasteiger partial charge in [-0.15, -0.1) is 0 Å². The van der Waals surface area contributed by atoms with E-state index in [1.807, 2.05) is 6.92 Å². The third-order valence-electron chi connectivity index (χ3n) is 3.01. The number of rotatable bonds is 4. The molecule has 2 nitrogen and oxygen atoms in total. The van der Waals surface area contributed by atoms with Crippen molar-refractivity contribution in [3.8, 4) is 0 Å². The van der Waals surface area contributed by atoms with Crippen LogP contribution < -0.4 is 5.32 Å². The second kappa shape index (κ2) is 6.80. The van der Waals surface area contributed by atoms with Gasteiger partial charge in [0.2, 0.25) is 0 Å². The summed E-state index contributed by atoms with van der Waals surface area (Å²) < 4.78 is 27.1. The van der Waals surface area contributed by atoms with Crippen LogP contribution in [0.2, 0.25) is 0 Å². The van der Waals surface area contributed by atoms with Gasteiger partial charge in [0.05, 0.1) is 5.56 Å². The van der Waals surface area contributed by atoms with Gasteiger partial charge < -0.3 is 5.32 Å². The van der Waals surface area contributed by atoms with Crippen LogP contribution in [0.25, 0.3) is 0 Å². The molecular formula is C16H14BrF2NO. The Bertz CT molecular complexity index is 643. The maximum atomic E-state index is 13.7. The predicted octanol–water partition coefficient (Wildman–Crippen LogP) is 4.09. The summed E-state index contributed by atoms with van der Waals surface area (Å²) in [5, 5.41) is 2.73. The molecule has 2 rings (SSSR count). The van der Waals surface area contributed by atoms with Gasteiger partial charge in [0, 0.05) is 10.5 Å². The Morgan fingerprint density at radius 1 is 1.19 bits per heavy atom. The molecule has 0 aliphatic rings. The molecule has 0 bridgehead atoms. The summed E-state index contributed by atoms with van der Waals surface area (Å²) in [5.41, 5.74) is 0.907. The molecule has 1 amide bonds. The van der Waals surface area contributed by atoms with Gasteiger partial charge in [-0.3, -0.25) is 4.79 Å². The summed E-state index contributed by atoms with van der Waals surface area (Å²) in [7, 11) is 0. The summed E-state index contributed by atoms with van der Waals surface area (Å²) in [5.74, 6) is -1.34. The first-order valence-electron chi connectivity index (χ1n) is 6.46. The van der Waals surface area contributed by atoms with E-state index in [9.17, 15) is 13.6 Å². The molecule has 2 aromatic carbocycles. The third-order valence-corrected chi connectivity index (χ3v) is 3.50. The van der Waals surface area contributed by atoms with Crippen LogP contribution in [0.4, 0.5) is 8.78 Å². The summed E-state index contributed by atoms with van der Waals surface area (Å²) >= 11 is 3.14. The summed E-state index contributed by atoms with van der Waals surface area (Å²) in [6.07, 6.45) is 0.546. The number of benzene rings is 2. The fraction of sp³-hybridized carbons (Fsp3) is 0.188. The summed E-state index contributed by atoms with van der Waals surface area (Å²) in [4.78, 5) is 12.0. The largest absolute Gasteiger partial charge is 0.349 e. The molecular weight excluding hydrogens is 340 g/mol. The smallest absolute Gasteiger partial charge is 0.254 e. The van der Waals surface area contributed by atoms with Gasteiger partial charge in [0.25, 0.3) is 5.91 Å². The molecule has 0 aliphatic carbocycles. The van der Waals surface area contributed by atoms with Crippen molar-refractivity contribution in [2.45, 2.75) is 19.4 Å². The predicted molar refractivity (Wildman–Crippen MR) is 81.1 cm³/mol. The van der Waals surface area contributed by atoms with Crippen molar-refractivity contribution in [1.82, 2.24) is 5.32 Å². The minimum absolute atomic E-state index is 0.00385. The van der Waals surface area contributed by atoms with Crippen LogP contribution in [-0.2, 0) is 6.42 Å². The Labute approximate surface area is 130 Å². The highest BCUT2D eigenvalue weighted by Gasteiger charge is 2.14. The Morgan fingerprint density at radius 2 is 1.86 bits per heavy atom. The molecule has 0 aromatic heterocycles. The van der Waals surface area contributed by atoms with E-state index in [1.54, 1.807) is 18.2 Å². The molecule has 21 heavy (non-hydrogen) atoms. The number of halogens is 3. The van der Waals surface area contributed by atoms with Crippen molar-refractivity contribution in [3.63, 3.8) is 0 Å². The second-order valence-electron chi connectivity index (χ2n) is 4.83. The Hall–Kier alpha value is -1.75. The van der Waals surface area contributed by atoms with Gasteiger partial charge in [0.1, 0.15) is 11.6 Å². The molecule has 5 heteroatoms. The maximum Gasteiger partial charge on any atom is 0.254 e. The van der Waals surface area contributed by atoms with E-state index in [2.05, 4.69) is 21.2 Å². The molecule has 0 heterocycles. The number of carbonyl (C=O) groups excluding carboxylic acids is 1. The first-order chi connectivity index (χ1) is 9.95. The highest BCUT2D eigenvalue weighted by Crippen LogP contribution is 2.15.